The van der Waals surface area contributed by atoms with Crippen LogP contribution >= 0.6 is 0 Å². The van der Waals surface area contributed by atoms with Crippen molar-refractivity contribution in [2.24, 2.45) is 0 Å². The second-order valence-corrected chi connectivity index (χ2v) is 5.80. The third-order valence-electron chi connectivity index (χ3n) is 3.82. The fourth-order valence-electron chi connectivity index (χ4n) is 2.38. The van der Waals surface area contributed by atoms with Crippen LogP contribution in [0.1, 0.15) is 5.56 Å². The summed E-state index contributed by atoms with van der Waals surface area (Å²) in [7, 11) is 1.64. The van der Waals surface area contributed by atoms with Crippen molar-refractivity contribution < 1.29 is 14.3 Å². The fraction of sp³-hybridized carbons (Fsp3) is 0.143. The Morgan fingerprint density at radius 1 is 0.963 bits per heavy atom. The lowest BCUT2D eigenvalue weighted by Crippen LogP contribution is -2.28. The SMILES string of the molecule is COc1ccc(Nc2ccc(OCC(=O)NCc3cccnc3)cc2)cc1. The van der Waals surface area contributed by atoms with Crippen LogP contribution in [0.4, 0.5) is 11.4 Å². The molecule has 0 atom stereocenters. The van der Waals surface area contributed by atoms with Gasteiger partial charge >= 0.3 is 0 Å². The molecular formula is C21H21N3O3. The van der Waals surface area contributed by atoms with Crippen LogP contribution in [0.2, 0.25) is 0 Å². The van der Waals surface area contributed by atoms with Gasteiger partial charge in [0.15, 0.2) is 6.61 Å². The summed E-state index contributed by atoms with van der Waals surface area (Å²) in [5.41, 5.74) is 2.83. The Labute approximate surface area is 158 Å². The molecule has 1 amide bonds. The molecule has 6 nitrogen and oxygen atoms in total. The molecule has 3 rings (SSSR count). The van der Waals surface area contributed by atoms with Crippen LogP contribution in [0.3, 0.4) is 0 Å². The maximum Gasteiger partial charge on any atom is 0.258 e. The minimum Gasteiger partial charge on any atom is -0.497 e. The number of hydrogen-bond donors (Lipinski definition) is 2. The van der Waals surface area contributed by atoms with E-state index in [1.54, 1.807) is 19.5 Å². The molecule has 0 bridgehead atoms. The first-order chi connectivity index (χ1) is 13.2. The molecule has 0 unspecified atom stereocenters. The third-order valence-corrected chi connectivity index (χ3v) is 3.82. The minimum atomic E-state index is -0.181. The van der Waals surface area contributed by atoms with Crippen LogP contribution in [0.15, 0.2) is 73.1 Å². The zero-order chi connectivity index (χ0) is 18.9. The van der Waals surface area contributed by atoms with Crippen molar-refractivity contribution in [1.29, 1.82) is 0 Å². The van der Waals surface area contributed by atoms with Crippen molar-refractivity contribution >= 4 is 17.3 Å². The summed E-state index contributed by atoms with van der Waals surface area (Å²) in [4.78, 5) is 15.9. The Kier molecular flexibility index (Phi) is 6.25. The van der Waals surface area contributed by atoms with Crippen LogP contribution < -0.4 is 20.1 Å². The molecular weight excluding hydrogens is 342 g/mol. The van der Waals surface area contributed by atoms with Crippen LogP contribution in [0.5, 0.6) is 11.5 Å². The van der Waals surface area contributed by atoms with Gasteiger partial charge in [-0.1, -0.05) is 6.07 Å². The van der Waals surface area contributed by atoms with Crippen molar-refractivity contribution in [1.82, 2.24) is 10.3 Å². The van der Waals surface area contributed by atoms with E-state index in [4.69, 9.17) is 9.47 Å². The molecule has 1 aromatic heterocycles. The van der Waals surface area contributed by atoms with Crippen LogP contribution in [0.25, 0.3) is 0 Å². The van der Waals surface area contributed by atoms with Crippen molar-refractivity contribution in [3.05, 3.63) is 78.6 Å². The molecule has 0 radical (unpaired) electrons. The monoisotopic (exact) mass is 363 g/mol. The van der Waals surface area contributed by atoms with Crippen LogP contribution in [-0.4, -0.2) is 24.6 Å². The van der Waals surface area contributed by atoms with Gasteiger partial charge in [-0.2, -0.15) is 0 Å². The average molecular weight is 363 g/mol. The quantitative estimate of drug-likeness (QED) is 0.641. The average Bonchev–Trinajstić information content (AvgIpc) is 2.73. The standard InChI is InChI=1S/C21H21N3O3/c1-26-19-8-4-17(5-9-19)24-18-6-10-20(11-7-18)27-15-21(25)23-14-16-3-2-12-22-13-16/h2-13,24H,14-15H2,1H3,(H,23,25). The van der Waals surface area contributed by atoms with Crippen LogP contribution in [-0.2, 0) is 11.3 Å². The zero-order valence-electron chi connectivity index (χ0n) is 15.0. The summed E-state index contributed by atoms with van der Waals surface area (Å²) >= 11 is 0. The number of anilines is 2. The minimum absolute atomic E-state index is 0.0362. The molecule has 27 heavy (non-hydrogen) atoms. The molecule has 1 heterocycles. The Balaban J connectivity index is 1.45. The molecule has 0 aliphatic carbocycles. The summed E-state index contributed by atoms with van der Waals surface area (Å²) in [6.45, 7) is 0.395. The molecule has 0 aliphatic rings. The number of aromatic nitrogens is 1. The Bertz CT molecular complexity index is 850. The van der Waals surface area contributed by atoms with Gasteiger partial charge in [0.2, 0.25) is 0 Å². The highest BCUT2D eigenvalue weighted by atomic mass is 16.5. The van der Waals surface area contributed by atoms with Gasteiger partial charge in [0.05, 0.1) is 7.11 Å². The predicted octanol–water partition coefficient (Wildman–Crippen LogP) is 3.53. The van der Waals surface area contributed by atoms with Gasteiger partial charge in [-0.25, -0.2) is 0 Å². The molecule has 2 N–H and O–H groups in total. The highest BCUT2D eigenvalue weighted by Crippen LogP contribution is 2.22. The number of nitrogens with zero attached hydrogens (tertiary/aromatic N) is 1. The molecule has 0 saturated heterocycles. The van der Waals surface area contributed by atoms with Gasteiger partial charge in [-0.3, -0.25) is 9.78 Å². The molecule has 2 aromatic carbocycles. The van der Waals surface area contributed by atoms with E-state index in [0.717, 1.165) is 22.7 Å². The highest BCUT2D eigenvalue weighted by Gasteiger charge is 2.03. The summed E-state index contributed by atoms with van der Waals surface area (Å²) in [6, 6.07) is 18.8. The van der Waals surface area contributed by atoms with Gasteiger partial charge in [-0.05, 0) is 60.2 Å². The van der Waals surface area contributed by atoms with Gasteiger partial charge in [0.25, 0.3) is 5.91 Å². The first-order valence-electron chi connectivity index (χ1n) is 8.52. The van der Waals surface area contributed by atoms with E-state index >= 15 is 0 Å². The largest absolute Gasteiger partial charge is 0.497 e. The smallest absolute Gasteiger partial charge is 0.258 e. The number of amides is 1. The number of ether oxygens (including phenoxy) is 2. The number of methoxy groups -OCH3 is 1. The second kappa shape index (κ2) is 9.24. The Morgan fingerprint density at radius 2 is 1.63 bits per heavy atom. The van der Waals surface area contributed by atoms with Crippen molar-refractivity contribution in [3.63, 3.8) is 0 Å². The second-order valence-electron chi connectivity index (χ2n) is 5.80. The number of hydrogen-bond acceptors (Lipinski definition) is 5. The third kappa shape index (κ3) is 5.74. The lowest BCUT2D eigenvalue weighted by atomic mass is 10.2. The molecule has 0 saturated carbocycles. The van der Waals surface area contributed by atoms with E-state index in [-0.39, 0.29) is 12.5 Å². The first-order valence-corrected chi connectivity index (χ1v) is 8.52. The Morgan fingerprint density at radius 3 is 2.22 bits per heavy atom. The fourth-order valence-corrected chi connectivity index (χ4v) is 2.38. The number of benzene rings is 2. The maximum absolute atomic E-state index is 11.9. The molecule has 0 spiro atoms. The van der Waals surface area contributed by atoms with E-state index in [2.05, 4.69) is 15.6 Å². The van der Waals surface area contributed by atoms with Crippen molar-refractivity contribution in [3.8, 4) is 11.5 Å². The summed E-state index contributed by atoms with van der Waals surface area (Å²) in [5.74, 6) is 1.26. The molecule has 138 valence electrons. The first kappa shape index (κ1) is 18.3. The highest BCUT2D eigenvalue weighted by molar-refractivity contribution is 5.77. The predicted molar refractivity (Wildman–Crippen MR) is 104 cm³/mol. The van der Waals surface area contributed by atoms with E-state index in [0.29, 0.717) is 12.3 Å². The van der Waals surface area contributed by atoms with E-state index in [1.165, 1.54) is 0 Å². The van der Waals surface area contributed by atoms with Gasteiger partial charge in [-0.15, -0.1) is 0 Å². The number of carbonyl (C=O) groups excluding carboxylic acids is 1. The van der Waals surface area contributed by atoms with E-state index in [1.807, 2.05) is 60.7 Å². The molecule has 3 aromatic rings. The molecule has 0 aliphatic heterocycles. The number of carbonyl (C=O) groups is 1. The normalized spacial score (nSPS) is 10.1. The van der Waals surface area contributed by atoms with Gasteiger partial charge < -0.3 is 20.1 Å². The van der Waals surface area contributed by atoms with Crippen LogP contribution in [0, 0.1) is 0 Å². The zero-order valence-corrected chi connectivity index (χ0v) is 15.0. The number of nitrogens with one attached hydrogen (secondary N) is 2. The van der Waals surface area contributed by atoms with Crippen molar-refractivity contribution in [2.75, 3.05) is 19.0 Å². The van der Waals surface area contributed by atoms with Gasteiger partial charge in [0, 0.05) is 30.3 Å². The molecule has 0 fully saturated rings. The number of rotatable bonds is 8. The lowest BCUT2D eigenvalue weighted by Gasteiger charge is -2.10. The van der Waals surface area contributed by atoms with Crippen molar-refractivity contribution in [2.45, 2.75) is 6.54 Å². The molecule has 6 heteroatoms. The Hall–Kier alpha value is -3.54. The van der Waals surface area contributed by atoms with E-state index in [9.17, 15) is 4.79 Å². The summed E-state index contributed by atoms with van der Waals surface area (Å²) < 4.78 is 10.7. The number of pyridine rings is 1. The lowest BCUT2D eigenvalue weighted by molar-refractivity contribution is -0.123. The van der Waals surface area contributed by atoms with Gasteiger partial charge in [0.1, 0.15) is 11.5 Å². The summed E-state index contributed by atoms with van der Waals surface area (Å²) in [5, 5.41) is 6.09. The summed E-state index contributed by atoms with van der Waals surface area (Å²) in [6.07, 6.45) is 3.41. The topological polar surface area (TPSA) is 72.5 Å². The maximum atomic E-state index is 11.9. The van der Waals surface area contributed by atoms with E-state index < -0.39 is 0 Å².